The van der Waals surface area contributed by atoms with Crippen molar-refractivity contribution in [3.8, 4) is 5.75 Å². The molecule has 0 aliphatic carbocycles. The van der Waals surface area contributed by atoms with Crippen molar-refractivity contribution in [3.63, 3.8) is 0 Å². The lowest BCUT2D eigenvalue weighted by Gasteiger charge is -2.33. The van der Waals surface area contributed by atoms with Crippen LogP contribution in [0.2, 0.25) is 0 Å². The van der Waals surface area contributed by atoms with Gasteiger partial charge in [-0.25, -0.2) is 8.42 Å². The summed E-state index contributed by atoms with van der Waals surface area (Å²) in [5, 5.41) is 2.69. The summed E-state index contributed by atoms with van der Waals surface area (Å²) in [5.41, 5.74) is 1.94. The lowest BCUT2D eigenvalue weighted by atomic mass is 10.0. The number of benzene rings is 4. The molecule has 4 aromatic carbocycles. The molecule has 1 N–H and O–H groups in total. The molecule has 4 rings (SSSR count). The molecular formula is C32H32IN3O5S. The predicted molar refractivity (Wildman–Crippen MR) is 172 cm³/mol. The van der Waals surface area contributed by atoms with E-state index in [4.69, 9.17) is 4.74 Å². The molecule has 0 unspecified atom stereocenters. The zero-order chi connectivity index (χ0) is 30.1. The molecule has 42 heavy (non-hydrogen) atoms. The van der Waals surface area contributed by atoms with Gasteiger partial charge in [-0.3, -0.25) is 13.9 Å². The normalized spacial score (nSPS) is 11.8. The van der Waals surface area contributed by atoms with E-state index in [0.717, 1.165) is 19.0 Å². The van der Waals surface area contributed by atoms with Crippen LogP contribution in [0.15, 0.2) is 114 Å². The van der Waals surface area contributed by atoms with Gasteiger partial charge in [0, 0.05) is 23.6 Å². The SMILES string of the molecule is CNC(=O)[C@H](Cc1ccccc1)N(Cc1cccc(OC)c1)C(=O)CN(c1ccc(I)cc1)S(=O)(=O)c1ccccc1. The Morgan fingerprint density at radius 2 is 1.48 bits per heavy atom. The molecule has 0 radical (unpaired) electrons. The van der Waals surface area contributed by atoms with Gasteiger partial charge < -0.3 is 15.0 Å². The van der Waals surface area contributed by atoms with Gasteiger partial charge in [-0.2, -0.15) is 0 Å². The molecule has 0 heterocycles. The molecule has 8 nitrogen and oxygen atoms in total. The second kappa shape index (κ2) is 14.3. The molecule has 2 amide bonds. The molecule has 0 saturated heterocycles. The van der Waals surface area contributed by atoms with Gasteiger partial charge in [0.15, 0.2) is 0 Å². The summed E-state index contributed by atoms with van der Waals surface area (Å²) in [5.74, 6) is -0.283. The van der Waals surface area contributed by atoms with Crippen molar-refractivity contribution in [2.24, 2.45) is 0 Å². The third kappa shape index (κ3) is 7.68. The highest BCUT2D eigenvalue weighted by Crippen LogP contribution is 2.26. The van der Waals surface area contributed by atoms with Gasteiger partial charge in [0.05, 0.1) is 17.7 Å². The zero-order valence-corrected chi connectivity index (χ0v) is 26.3. The van der Waals surface area contributed by atoms with Crippen LogP contribution in [0.1, 0.15) is 11.1 Å². The minimum Gasteiger partial charge on any atom is -0.497 e. The van der Waals surface area contributed by atoms with Crippen LogP contribution in [0, 0.1) is 3.57 Å². The van der Waals surface area contributed by atoms with Gasteiger partial charge in [-0.15, -0.1) is 0 Å². The molecule has 218 valence electrons. The summed E-state index contributed by atoms with van der Waals surface area (Å²) in [6.45, 7) is -0.447. The average Bonchev–Trinajstić information content (AvgIpc) is 3.02. The van der Waals surface area contributed by atoms with Crippen molar-refractivity contribution < 1.29 is 22.7 Å². The van der Waals surface area contributed by atoms with E-state index in [9.17, 15) is 18.0 Å². The number of carbonyl (C=O) groups is 2. The average molecular weight is 698 g/mol. The Bertz CT molecular complexity index is 1600. The van der Waals surface area contributed by atoms with E-state index in [1.807, 2.05) is 36.4 Å². The van der Waals surface area contributed by atoms with Crippen LogP contribution in [0.25, 0.3) is 0 Å². The lowest BCUT2D eigenvalue weighted by Crippen LogP contribution is -2.53. The van der Waals surface area contributed by atoms with Crippen LogP contribution in [0.3, 0.4) is 0 Å². The molecule has 0 bridgehead atoms. The number of anilines is 1. The van der Waals surface area contributed by atoms with Crippen LogP contribution >= 0.6 is 22.6 Å². The van der Waals surface area contributed by atoms with E-state index < -0.39 is 28.5 Å². The van der Waals surface area contributed by atoms with Gasteiger partial charge in [-0.1, -0.05) is 60.7 Å². The Hall–Kier alpha value is -3.90. The smallest absolute Gasteiger partial charge is 0.264 e. The van der Waals surface area contributed by atoms with E-state index >= 15 is 0 Å². The number of sulfonamides is 1. The van der Waals surface area contributed by atoms with Gasteiger partial charge in [-0.05, 0) is 82.2 Å². The molecule has 0 aromatic heterocycles. The van der Waals surface area contributed by atoms with Crippen LogP contribution < -0.4 is 14.4 Å². The fourth-order valence-corrected chi connectivity index (χ4v) is 6.34. The van der Waals surface area contributed by atoms with E-state index in [1.54, 1.807) is 67.8 Å². The number of hydrogen-bond acceptors (Lipinski definition) is 5. The molecule has 0 saturated carbocycles. The van der Waals surface area contributed by atoms with Crippen LogP contribution in [0.4, 0.5) is 5.69 Å². The van der Waals surface area contributed by atoms with Crippen LogP contribution in [-0.4, -0.2) is 51.9 Å². The van der Waals surface area contributed by atoms with Crippen molar-refractivity contribution in [1.82, 2.24) is 10.2 Å². The molecule has 4 aromatic rings. The van der Waals surface area contributed by atoms with Gasteiger partial charge in [0.1, 0.15) is 18.3 Å². The molecule has 1 atom stereocenters. The highest BCUT2D eigenvalue weighted by Gasteiger charge is 2.34. The second-order valence-electron chi connectivity index (χ2n) is 9.49. The van der Waals surface area contributed by atoms with E-state index in [-0.39, 0.29) is 23.8 Å². The van der Waals surface area contributed by atoms with E-state index in [1.165, 1.54) is 24.1 Å². The van der Waals surface area contributed by atoms with Gasteiger partial charge in [0.2, 0.25) is 11.8 Å². The van der Waals surface area contributed by atoms with Crippen molar-refractivity contribution in [3.05, 3.63) is 124 Å². The minimum atomic E-state index is -4.13. The first kappa shape index (κ1) is 31.0. The van der Waals surface area contributed by atoms with E-state index in [0.29, 0.717) is 11.4 Å². The summed E-state index contributed by atoms with van der Waals surface area (Å²) in [6.07, 6.45) is 0.241. The Labute approximate surface area is 260 Å². The van der Waals surface area contributed by atoms with Crippen molar-refractivity contribution in [2.75, 3.05) is 25.0 Å². The van der Waals surface area contributed by atoms with Crippen molar-refractivity contribution in [2.45, 2.75) is 23.9 Å². The summed E-state index contributed by atoms with van der Waals surface area (Å²) in [4.78, 5) is 29.1. The first-order valence-electron chi connectivity index (χ1n) is 13.2. The number of carbonyl (C=O) groups excluding carboxylic acids is 2. The molecule has 0 fully saturated rings. The maximum absolute atomic E-state index is 14.3. The third-order valence-electron chi connectivity index (χ3n) is 6.73. The second-order valence-corrected chi connectivity index (χ2v) is 12.6. The number of halogens is 1. The van der Waals surface area contributed by atoms with Crippen molar-refractivity contribution in [1.29, 1.82) is 0 Å². The highest BCUT2D eigenvalue weighted by molar-refractivity contribution is 14.1. The van der Waals surface area contributed by atoms with Gasteiger partial charge >= 0.3 is 0 Å². The predicted octanol–water partition coefficient (Wildman–Crippen LogP) is 4.88. The maximum Gasteiger partial charge on any atom is 0.264 e. The Balaban J connectivity index is 1.78. The molecule has 0 spiro atoms. The molecule has 0 aliphatic heterocycles. The monoisotopic (exact) mass is 697 g/mol. The fraction of sp³-hybridized carbons (Fsp3) is 0.188. The zero-order valence-electron chi connectivity index (χ0n) is 23.3. The van der Waals surface area contributed by atoms with Crippen LogP contribution in [-0.2, 0) is 32.6 Å². The van der Waals surface area contributed by atoms with E-state index in [2.05, 4.69) is 27.9 Å². The summed E-state index contributed by atoms with van der Waals surface area (Å²) < 4.78 is 35.2. The van der Waals surface area contributed by atoms with Crippen molar-refractivity contribution >= 4 is 50.1 Å². The Kier molecular flexibility index (Phi) is 10.6. The first-order chi connectivity index (χ1) is 20.2. The third-order valence-corrected chi connectivity index (χ3v) is 9.24. The summed E-state index contributed by atoms with van der Waals surface area (Å²) in [7, 11) is -1.05. The standard InChI is InChI=1S/C32H32IN3O5S/c1-34-32(38)30(21-24-10-5-3-6-11-24)35(22-25-12-9-13-28(20-25)41-2)31(37)23-36(27-18-16-26(33)17-19-27)42(39,40)29-14-7-4-8-15-29/h3-20,30H,21-23H2,1-2H3,(H,34,38)/t30-/m0/s1. The number of ether oxygens (including phenoxy) is 1. The number of hydrogen-bond donors (Lipinski definition) is 1. The molecular weight excluding hydrogens is 665 g/mol. The first-order valence-corrected chi connectivity index (χ1v) is 15.8. The quantitative estimate of drug-likeness (QED) is 0.213. The maximum atomic E-state index is 14.3. The Morgan fingerprint density at radius 1 is 0.857 bits per heavy atom. The number of nitrogens with one attached hydrogen (secondary N) is 1. The molecule has 0 aliphatic rings. The number of nitrogens with zero attached hydrogens (tertiary/aromatic N) is 2. The lowest BCUT2D eigenvalue weighted by molar-refractivity contribution is -0.139. The van der Waals surface area contributed by atoms with Gasteiger partial charge in [0.25, 0.3) is 10.0 Å². The number of amides is 2. The topological polar surface area (TPSA) is 96.0 Å². The highest BCUT2D eigenvalue weighted by atomic mass is 127. The summed E-state index contributed by atoms with van der Waals surface area (Å²) >= 11 is 2.14. The minimum absolute atomic E-state index is 0.0582. The number of methoxy groups -OCH3 is 1. The Morgan fingerprint density at radius 3 is 2.10 bits per heavy atom. The fourth-order valence-electron chi connectivity index (χ4n) is 4.54. The largest absolute Gasteiger partial charge is 0.497 e. The number of likely N-dealkylation sites (N-methyl/N-ethyl adjacent to an activating group) is 1. The summed E-state index contributed by atoms with van der Waals surface area (Å²) in [6, 6.07) is 30.6. The number of rotatable bonds is 12. The van der Waals surface area contributed by atoms with Crippen LogP contribution in [0.5, 0.6) is 5.75 Å². The molecule has 10 heteroatoms.